The Bertz CT molecular complexity index is 99.1. The van der Waals surface area contributed by atoms with Crippen molar-refractivity contribution in [2.45, 2.75) is 13.8 Å². The molecule has 0 heterocycles. The van der Waals surface area contributed by atoms with Gasteiger partial charge in [-0.2, -0.15) is 0 Å². The first-order valence-electron chi connectivity index (χ1n) is 2.59. The van der Waals surface area contributed by atoms with Gasteiger partial charge >= 0.3 is 0 Å². The molecule has 0 fully saturated rings. The summed E-state index contributed by atoms with van der Waals surface area (Å²) in [5, 5.41) is 2.79. The molecule has 0 aromatic heterocycles. The topological polar surface area (TPSA) is 24.4 Å². The molecule has 0 bridgehead atoms. The summed E-state index contributed by atoms with van der Waals surface area (Å²) < 4.78 is 0. The van der Waals surface area contributed by atoms with Gasteiger partial charge in [-0.05, 0) is 13.8 Å². The average molecular weight is 112 g/mol. The van der Waals surface area contributed by atoms with Gasteiger partial charge in [0.1, 0.15) is 0 Å². The molecule has 0 rings (SSSR count). The third kappa shape index (κ3) is 5.21. The van der Waals surface area contributed by atoms with Crippen molar-refractivity contribution >= 4 is 6.34 Å². The zero-order chi connectivity index (χ0) is 6.41. The normalized spacial score (nSPS) is 9.38. The van der Waals surface area contributed by atoms with Crippen molar-refractivity contribution in [1.29, 1.82) is 0 Å². The van der Waals surface area contributed by atoms with E-state index in [1.807, 2.05) is 20.9 Å². The first-order valence-corrected chi connectivity index (χ1v) is 2.59. The van der Waals surface area contributed by atoms with Gasteiger partial charge in [0.25, 0.3) is 0 Å². The molecule has 0 atom stereocenters. The third-order valence-corrected chi connectivity index (χ3v) is 0.536. The highest BCUT2D eigenvalue weighted by atomic mass is 14.9. The van der Waals surface area contributed by atoms with Crippen molar-refractivity contribution < 1.29 is 0 Å². The smallest absolute Gasteiger partial charge is 0.0876 e. The van der Waals surface area contributed by atoms with Crippen LogP contribution in [0.25, 0.3) is 0 Å². The molecule has 0 saturated carbocycles. The molecule has 0 unspecified atom stereocenters. The fraction of sp³-hybridized carbons (Fsp3) is 0.500. The van der Waals surface area contributed by atoms with Crippen LogP contribution in [0.2, 0.25) is 0 Å². The van der Waals surface area contributed by atoms with Crippen molar-refractivity contribution in [3.05, 3.63) is 11.8 Å². The Balaban J connectivity index is 3.42. The van der Waals surface area contributed by atoms with Crippen LogP contribution in [-0.4, -0.2) is 13.4 Å². The largest absolute Gasteiger partial charge is 0.379 e. The summed E-state index contributed by atoms with van der Waals surface area (Å²) in [6, 6.07) is 0. The number of aliphatic imine (C=N–C) groups is 1. The summed E-state index contributed by atoms with van der Waals surface area (Å²) in [4.78, 5) is 3.89. The zero-order valence-electron chi connectivity index (χ0n) is 5.60. The molecule has 8 heavy (non-hydrogen) atoms. The molecule has 0 radical (unpaired) electrons. The number of hydrogen-bond donors (Lipinski definition) is 1. The fourth-order valence-electron chi connectivity index (χ4n) is 0.261. The zero-order valence-corrected chi connectivity index (χ0v) is 5.60. The van der Waals surface area contributed by atoms with Crippen LogP contribution in [0.15, 0.2) is 16.8 Å². The molecule has 0 amide bonds. The maximum atomic E-state index is 3.89. The minimum atomic E-state index is 1.21. The van der Waals surface area contributed by atoms with E-state index in [-0.39, 0.29) is 0 Å². The SMILES string of the molecule is CN/C=N\C=C(C)C. The van der Waals surface area contributed by atoms with E-state index in [1.54, 1.807) is 12.5 Å². The molecule has 0 saturated heterocycles. The molecular weight excluding hydrogens is 100 g/mol. The Morgan fingerprint density at radius 3 is 2.50 bits per heavy atom. The lowest BCUT2D eigenvalue weighted by Gasteiger charge is -1.82. The van der Waals surface area contributed by atoms with Crippen LogP contribution in [0.3, 0.4) is 0 Å². The number of hydrogen-bond acceptors (Lipinski definition) is 1. The molecule has 0 spiro atoms. The minimum Gasteiger partial charge on any atom is -0.379 e. The maximum absolute atomic E-state index is 3.89. The quantitative estimate of drug-likeness (QED) is 0.420. The van der Waals surface area contributed by atoms with Crippen molar-refractivity contribution in [2.75, 3.05) is 7.05 Å². The Kier molecular flexibility index (Phi) is 3.94. The summed E-state index contributed by atoms with van der Waals surface area (Å²) in [6.45, 7) is 4.01. The van der Waals surface area contributed by atoms with Crippen LogP contribution in [0.1, 0.15) is 13.8 Å². The number of rotatable bonds is 2. The van der Waals surface area contributed by atoms with Crippen molar-refractivity contribution in [3.8, 4) is 0 Å². The second kappa shape index (κ2) is 4.37. The molecule has 2 heteroatoms. The summed E-state index contributed by atoms with van der Waals surface area (Å²) in [6.07, 6.45) is 3.45. The molecule has 0 aliphatic rings. The molecule has 0 aliphatic heterocycles. The summed E-state index contributed by atoms with van der Waals surface area (Å²) in [5.74, 6) is 0. The molecule has 0 aliphatic carbocycles. The Morgan fingerprint density at radius 1 is 1.50 bits per heavy atom. The monoisotopic (exact) mass is 112 g/mol. The molecule has 2 nitrogen and oxygen atoms in total. The second-order valence-corrected chi connectivity index (χ2v) is 1.77. The fourth-order valence-corrected chi connectivity index (χ4v) is 0.261. The van der Waals surface area contributed by atoms with Gasteiger partial charge in [0.05, 0.1) is 6.34 Å². The predicted octanol–water partition coefficient (Wildman–Crippen LogP) is 1.16. The lowest BCUT2D eigenvalue weighted by atomic mass is 10.4. The van der Waals surface area contributed by atoms with E-state index in [0.29, 0.717) is 0 Å². The van der Waals surface area contributed by atoms with E-state index >= 15 is 0 Å². The highest BCUT2D eigenvalue weighted by Crippen LogP contribution is 1.85. The van der Waals surface area contributed by atoms with Gasteiger partial charge in [0, 0.05) is 13.2 Å². The van der Waals surface area contributed by atoms with Gasteiger partial charge < -0.3 is 5.32 Å². The van der Waals surface area contributed by atoms with E-state index in [4.69, 9.17) is 0 Å². The number of allylic oxidation sites excluding steroid dienone is 1. The van der Waals surface area contributed by atoms with Crippen molar-refractivity contribution in [2.24, 2.45) is 4.99 Å². The van der Waals surface area contributed by atoms with Crippen LogP contribution in [0, 0.1) is 0 Å². The van der Waals surface area contributed by atoms with E-state index in [1.165, 1.54) is 5.57 Å². The van der Waals surface area contributed by atoms with E-state index < -0.39 is 0 Å². The summed E-state index contributed by atoms with van der Waals surface area (Å²) in [5.41, 5.74) is 1.21. The lowest BCUT2D eigenvalue weighted by molar-refractivity contribution is 1.20. The van der Waals surface area contributed by atoms with Gasteiger partial charge in [-0.25, -0.2) is 4.99 Å². The molecule has 1 N–H and O–H groups in total. The molecule has 46 valence electrons. The molecule has 0 aromatic rings. The molecular formula is C6H12N2. The lowest BCUT2D eigenvalue weighted by Crippen LogP contribution is -1.99. The predicted molar refractivity (Wildman–Crippen MR) is 37.0 cm³/mol. The van der Waals surface area contributed by atoms with Gasteiger partial charge in [-0.15, -0.1) is 0 Å². The van der Waals surface area contributed by atoms with Crippen molar-refractivity contribution in [1.82, 2.24) is 5.32 Å². The van der Waals surface area contributed by atoms with Crippen LogP contribution in [0.5, 0.6) is 0 Å². The van der Waals surface area contributed by atoms with E-state index in [0.717, 1.165) is 0 Å². The van der Waals surface area contributed by atoms with E-state index in [9.17, 15) is 0 Å². The van der Waals surface area contributed by atoms with Gasteiger partial charge in [-0.1, -0.05) is 5.57 Å². The average Bonchev–Trinajstić information content (AvgIpc) is 1.66. The number of nitrogens with zero attached hydrogens (tertiary/aromatic N) is 1. The van der Waals surface area contributed by atoms with Crippen LogP contribution in [0.4, 0.5) is 0 Å². The van der Waals surface area contributed by atoms with Gasteiger partial charge in [0.15, 0.2) is 0 Å². The highest BCUT2D eigenvalue weighted by molar-refractivity contribution is 5.54. The Hall–Kier alpha value is -0.790. The Morgan fingerprint density at radius 2 is 2.12 bits per heavy atom. The van der Waals surface area contributed by atoms with Gasteiger partial charge in [-0.3, -0.25) is 0 Å². The Labute approximate surface area is 50.3 Å². The van der Waals surface area contributed by atoms with Crippen molar-refractivity contribution in [3.63, 3.8) is 0 Å². The van der Waals surface area contributed by atoms with Gasteiger partial charge in [0.2, 0.25) is 0 Å². The van der Waals surface area contributed by atoms with Crippen LogP contribution < -0.4 is 5.32 Å². The summed E-state index contributed by atoms with van der Waals surface area (Å²) in [7, 11) is 1.82. The summed E-state index contributed by atoms with van der Waals surface area (Å²) >= 11 is 0. The standard InChI is InChI=1S/C6H12N2/c1-6(2)4-8-5-7-3/h4-5H,1-3H3,(H,7,8). The molecule has 0 aromatic carbocycles. The first kappa shape index (κ1) is 7.21. The minimum absolute atomic E-state index is 1.21. The third-order valence-electron chi connectivity index (χ3n) is 0.536. The van der Waals surface area contributed by atoms with E-state index in [2.05, 4.69) is 10.3 Å². The van der Waals surface area contributed by atoms with Crippen LogP contribution in [-0.2, 0) is 0 Å². The highest BCUT2D eigenvalue weighted by Gasteiger charge is 1.67. The second-order valence-electron chi connectivity index (χ2n) is 1.77. The maximum Gasteiger partial charge on any atom is 0.0876 e. The number of nitrogens with one attached hydrogen (secondary N) is 1. The first-order chi connectivity index (χ1) is 3.77. The van der Waals surface area contributed by atoms with Crippen LogP contribution >= 0.6 is 0 Å².